The van der Waals surface area contributed by atoms with Gasteiger partial charge in [0.2, 0.25) is 5.91 Å². The molecule has 1 saturated carbocycles. The molecule has 1 aromatic heterocycles. The van der Waals surface area contributed by atoms with E-state index >= 15 is 0 Å². The summed E-state index contributed by atoms with van der Waals surface area (Å²) in [6, 6.07) is 11.7. The molecule has 0 atom stereocenters. The van der Waals surface area contributed by atoms with Crippen molar-refractivity contribution in [3.8, 4) is 0 Å². The summed E-state index contributed by atoms with van der Waals surface area (Å²) in [5.41, 5.74) is 0.552. The Morgan fingerprint density at radius 2 is 1.78 bits per heavy atom. The highest BCUT2D eigenvalue weighted by Crippen LogP contribution is 2.24. The first-order valence-corrected chi connectivity index (χ1v) is 14.3. The first kappa shape index (κ1) is 26.2. The molecule has 3 aromatic rings. The molecule has 0 saturated heterocycles. The Bertz CT molecular complexity index is 1500. The van der Waals surface area contributed by atoms with E-state index in [0.29, 0.717) is 34.5 Å². The zero-order valence-corrected chi connectivity index (χ0v) is 21.8. The smallest absolute Gasteiger partial charge is 0.324 e. The number of anilines is 1. The van der Waals surface area contributed by atoms with Crippen LogP contribution in [0.25, 0.3) is 10.9 Å². The number of para-hydroxylation sites is 1. The molecule has 1 amide bonds. The fourth-order valence-electron chi connectivity index (χ4n) is 4.80. The predicted octanol–water partition coefficient (Wildman–Crippen LogP) is 3.90. The maximum atomic E-state index is 13.3. The number of hydrogen-bond acceptors (Lipinski definition) is 5. The molecule has 1 N–H and O–H groups in total. The lowest BCUT2D eigenvalue weighted by atomic mass is 10.0. The van der Waals surface area contributed by atoms with Crippen molar-refractivity contribution in [2.45, 2.75) is 63.8 Å². The molecular formula is C26H30ClN3O5S. The minimum absolute atomic E-state index is 0.0382. The summed E-state index contributed by atoms with van der Waals surface area (Å²) >= 11 is 6.04. The van der Waals surface area contributed by atoms with Crippen molar-refractivity contribution in [3.63, 3.8) is 0 Å². The Kier molecular flexibility index (Phi) is 8.00. The molecule has 0 aliphatic heterocycles. The van der Waals surface area contributed by atoms with E-state index in [-0.39, 0.29) is 30.5 Å². The monoisotopic (exact) mass is 531 g/mol. The van der Waals surface area contributed by atoms with E-state index in [9.17, 15) is 22.8 Å². The quantitative estimate of drug-likeness (QED) is 0.474. The molecule has 1 fully saturated rings. The summed E-state index contributed by atoms with van der Waals surface area (Å²) in [5.74, 6) is -0.525. The number of nitrogens with one attached hydrogen (secondary N) is 1. The number of sulfone groups is 1. The van der Waals surface area contributed by atoms with Crippen molar-refractivity contribution in [1.29, 1.82) is 0 Å². The first-order valence-electron chi connectivity index (χ1n) is 12.2. The number of nitrogens with zero attached hydrogens (tertiary/aromatic N) is 2. The third kappa shape index (κ3) is 5.73. The second-order valence-corrected chi connectivity index (χ2v) is 12.2. The zero-order chi connectivity index (χ0) is 25.9. The number of aryl methyl sites for hydroxylation is 1. The summed E-state index contributed by atoms with van der Waals surface area (Å²) in [5, 5.41) is 3.20. The third-order valence-electron chi connectivity index (χ3n) is 6.78. The average molecular weight is 532 g/mol. The van der Waals surface area contributed by atoms with Gasteiger partial charge >= 0.3 is 5.69 Å². The van der Waals surface area contributed by atoms with Gasteiger partial charge in [0.1, 0.15) is 6.54 Å². The van der Waals surface area contributed by atoms with Gasteiger partial charge in [0.15, 0.2) is 9.84 Å². The van der Waals surface area contributed by atoms with Crippen molar-refractivity contribution in [3.05, 3.63) is 73.9 Å². The number of benzene rings is 2. The van der Waals surface area contributed by atoms with E-state index < -0.39 is 27.0 Å². The number of carbonyl (C=O) groups excluding carboxylic acids is 1. The molecule has 0 spiro atoms. The maximum absolute atomic E-state index is 13.3. The highest BCUT2D eigenvalue weighted by Gasteiger charge is 2.27. The topological polar surface area (TPSA) is 107 Å². The molecule has 1 aliphatic carbocycles. The summed E-state index contributed by atoms with van der Waals surface area (Å²) in [7, 11) is -3.29. The number of rotatable bonds is 8. The van der Waals surface area contributed by atoms with Gasteiger partial charge in [-0.2, -0.15) is 0 Å². The summed E-state index contributed by atoms with van der Waals surface area (Å²) in [6.07, 6.45) is 4.38. The van der Waals surface area contributed by atoms with Crippen LogP contribution in [0.5, 0.6) is 0 Å². The summed E-state index contributed by atoms with van der Waals surface area (Å²) in [4.78, 5) is 39.3. The molecule has 0 unspecified atom stereocenters. The van der Waals surface area contributed by atoms with Crippen LogP contribution in [0.3, 0.4) is 0 Å². The average Bonchev–Trinajstić information content (AvgIpc) is 2.86. The molecule has 0 radical (unpaired) electrons. The lowest BCUT2D eigenvalue weighted by molar-refractivity contribution is -0.116. The van der Waals surface area contributed by atoms with Crippen LogP contribution in [0, 0.1) is 6.92 Å². The zero-order valence-electron chi connectivity index (χ0n) is 20.2. The molecule has 8 nitrogen and oxygen atoms in total. The second-order valence-electron chi connectivity index (χ2n) is 9.33. The fourth-order valence-corrected chi connectivity index (χ4v) is 6.89. The Labute approximate surface area is 214 Å². The van der Waals surface area contributed by atoms with Crippen molar-refractivity contribution in [1.82, 2.24) is 9.13 Å². The molecule has 1 heterocycles. The summed E-state index contributed by atoms with van der Waals surface area (Å²) in [6.45, 7) is 1.48. The van der Waals surface area contributed by atoms with Gasteiger partial charge in [-0.05, 0) is 56.0 Å². The van der Waals surface area contributed by atoms with E-state index in [1.165, 1.54) is 4.57 Å². The minimum atomic E-state index is -3.29. The van der Waals surface area contributed by atoms with Gasteiger partial charge in [0.05, 0.1) is 21.9 Å². The van der Waals surface area contributed by atoms with Crippen LogP contribution in [0.4, 0.5) is 5.69 Å². The number of carbonyl (C=O) groups is 1. The van der Waals surface area contributed by atoms with E-state index in [1.54, 1.807) is 42.5 Å². The van der Waals surface area contributed by atoms with Crippen molar-refractivity contribution in [2.24, 2.45) is 0 Å². The summed E-state index contributed by atoms with van der Waals surface area (Å²) < 4.78 is 27.8. The van der Waals surface area contributed by atoms with Gasteiger partial charge in [-0.1, -0.05) is 49.1 Å². The van der Waals surface area contributed by atoms with Gasteiger partial charge in [0.25, 0.3) is 5.56 Å². The SMILES string of the molecule is Cc1ccc(Cl)cc1NC(=O)Cn1c(=O)n(CCCS(=O)(=O)C2CCCCC2)c(=O)c2ccccc21. The van der Waals surface area contributed by atoms with Gasteiger partial charge in [-0.15, -0.1) is 0 Å². The standard InChI is InChI=1S/C26H30ClN3O5S/c1-18-12-13-19(27)16-22(18)28-24(31)17-30-23-11-6-5-10-21(23)25(32)29(26(30)33)14-7-15-36(34,35)20-8-3-2-4-9-20/h5-6,10-13,16,20H,2-4,7-9,14-15,17H2,1H3,(H,28,31). The molecule has 4 rings (SSSR count). The fraction of sp³-hybridized carbons (Fsp3) is 0.423. The molecule has 10 heteroatoms. The number of fused-ring (bicyclic) bond motifs is 1. The van der Waals surface area contributed by atoms with Gasteiger partial charge in [-0.3, -0.25) is 18.7 Å². The van der Waals surface area contributed by atoms with E-state index in [2.05, 4.69) is 5.32 Å². The first-order chi connectivity index (χ1) is 17.2. The Hall–Kier alpha value is -2.91. The van der Waals surface area contributed by atoms with Crippen LogP contribution in [0.1, 0.15) is 44.1 Å². The number of amides is 1. The van der Waals surface area contributed by atoms with Gasteiger partial charge in [-0.25, -0.2) is 13.2 Å². The van der Waals surface area contributed by atoms with Crippen molar-refractivity contribution in [2.75, 3.05) is 11.1 Å². The molecule has 0 bridgehead atoms. The minimum Gasteiger partial charge on any atom is -0.324 e. The molecule has 36 heavy (non-hydrogen) atoms. The molecule has 2 aromatic carbocycles. The number of halogens is 1. The van der Waals surface area contributed by atoms with Crippen molar-refractivity contribution >= 4 is 43.9 Å². The van der Waals surface area contributed by atoms with Crippen molar-refractivity contribution < 1.29 is 13.2 Å². The maximum Gasteiger partial charge on any atom is 0.331 e. The third-order valence-corrected chi connectivity index (χ3v) is 9.36. The highest BCUT2D eigenvalue weighted by molar-refractivity contribution is 7.92. The Morgan fingerprint density at radius 3 is 2.53 bits per heavy atom. The lowest BCUT2D eigenvalue weighted by Gasteiger charge is -2.21. The largest absolute Gasteiger partial charge is 0.331 e. The molecule has 1 aliphatic rings. The van der Waals surface area contributed by atoms with Gasteiger partial charge < -0.3 is 5.32 Å². The Morgan fingerprint density at radius 1 is 1.06 bits per heavy atom. The van der Waals surface area contributed by atoms with Crippen LogP contribution in [-0.2, 0) is 27.7 Å². The van der Waals surface area contributed by atoms with Crippen LogP contribution < -0.4 is 16.6 Å². The molecule has 192 valence electrons. The molecular weight excluding hydrogens is 502 g/mol. The van der Waals surface area contributed by atoms with E-state index in [0.717, 1.165) is 29.4 Å². The van der Waals surface area contributed by atoms with E-state index in [4.69, 9.17) is 11.6 Å². The normalized spacial score (nSPS) is 14.7. The van der Waals surface area contributed by atoms with Crippen LogP contribution in [0.15, 0.2) is 52.1 Å². The van der Waals surface area contributed by atoms with E-state index in [1.807, 2.05) is 6.92 Å². The Balaban J connectivity index is 1.59. The van der Waals surface area contributed by atoms with Crippen LogP contribution >= 0.6 is 11.6 Å². The number of aromatic nitrogens is 2. The predicted molar refractivity (Wildman–Crippen MR) is 143 cm³/mol. The van der Waals surface area contributed by atoms with Crippen LogP contribution in [0.2, 0.25) is 5.02 Å². The van der Waals surface area contributed by atoms with Gasteiger partial charge in [0, 0.05) is 17.3 Å². The lowest BCUT2D eigenvalue weighted by Crippen LogP contribution is -2.42. The van der Waals surface area contributed by atoms with Crippen LogP contribution in [-0.4, -0.2) is 34.5 Å². The highest BCUT2D eigenvalue weighted by atomic mass is 35.5. The second kappa shape index (κ2) is 11.0. The number of hydrogen-bond donors (Lipinski definition) is 1.